The molecule has 0 aliphatic heterocycles. The second-order valence-electron chi connectivity index (χ2n) is 4.29. The minimum atomic E-state index is -0.738. The zero-order valence-corrected chi connectivity index (χ0v) is 10.6. The average molecular weight is 260 g/mol. The zero-order valence-electron chi connectivity index (χ0n) is 10.6. The number of carboxylic acids is 1. The number of aliphatic carboxylic acids is 1. The highest BCUT2D eigenvalue weighted by Crippen LogP contribution is 2.12. The van der Waals surface area contributed by atoms with Crippen molar-refractivity contribution in [3.8, 4) is 11.4 Å². The van der Waals surface area contributed by atoms with Crippen molar-refractivity contribution in [3.63, 3.8) is 0 Å². The second-order valence-corrected chi connectivity index (χ2v) is 4.29. The largest absolute Gasteiger partial charge is 0.481 e. The number of unbranched alkanes of at least 4 members (excludes halogenated alkanes) is 2. The minimum absolute atomic E-state index is 0.233. The van der Waals surface area contributed by atoms with Gasteiger partial charge in [0.15, 0.2) is 0 Å². The fourth-order valence-corrected chi connectivity index (χ4v) is 1.77. The Kier molecular flexibility index (Phi) is 4.60. The van der Waals surface area contributed by atoms with Gasteiger partial charge in [0, 0.05) is 19.2 Å². The molecule has 0 bridgehead atoms. The van der Waals surface area contributed by atoms with E-state index in [0.717, 1.165) is 30.8 Å². The number of carboxylic acid groups (broad SMARTS) is 1. The van der Waals surface area contributed by atoms with Crippen molar-refractivity contribution in [2.24, 2.45) is 0 Å². The van der Waals surface area contributed by atoms with Crippen LogP contribution in [-0.2, 0) is 11.3 Å². The molecule has 0 atom stereocenters. The topological polar surface area (TPSA) is 80.9 Å². The summed E-state index contributed by atoms with van der Waals surface area (Å²) >= 11 is 0. The molecule has 0 saturated heterocycles. The molecule has 0 aliphatic rings. The molecule has 2 heterocycles. The highest BCUT2D eigenvalue weighted by Gasteiger charge is 2.04. The van der Waals surface area contributed by atoms with Gasteiger partial charge >= 0.3 is 5.97 Å². The standard InChI is InChI=1S/C13H16N4O2/c18-13(19)7-2-1-5-9-17-10-12(15-16-17)11-6-3-4-8-14-11/h3-4,6,8,10H,1-2,5,7,9H2,(H,18,19). The predicted octanol–water partition coefficient (Wildman–Crippen LogP) is 1.99. The van der Waals surface area contributed by atoms with Gasteiger partial charge in [0.25, 0.3) is 0 Å². The molecule has 2 aromatic heterocycles. The molecule has 0 aliphatic carbocycles. The quantitative estimate of drug-likeness (QED) is 0.770. The van der Waals surface area contributed by atoms with Crippen molar-refractivity contribution in [1.29, 1.82) is 0 Å². The summed E-state index contributed by atoms with van der Waals surface area (Å²) in [7, 11) is 0. The Morgan fingerprint density at radius 1 is 1.21 bits per heavy atom. The SMILES string of the molecule is O=C(O)CCCCCn1cc(-c2ccccn2)nn1. The van der Waals surface area contributed by atoms with Gasteiger partial charge in [-0.25, -0.2) is 0 Å². The lowest BCUT2D eigenvalue weighted by atomic mass is 10.2. The van der Waals surface area contributed by atoms with Crippen LogP contribution in [0.3, 0.4) is 0 Å². The van der Waals surface area contributed by atoms with E-state index in [2.05, 4.69) is 15.3 Å². The van der Waals surface area contributed by atoms with E-state index in [1.54, 1.807) is 10.9 Å². The van der Waals surface area contributed by atoms with Gasteiger partial charge < -0.3 is 5.11 Å². The first-order valence-corrected chi connectivity index (χ1v) is 6.29. The number of nitrogens with zero attached hydrogens (tertiary/aromatic N) is 4. The van der Waals surface area contributed by atoms with Gasteiger partial charge in [0.2, 0.25) is 0 Å². The van der Waals surface area contributed by atoms with Crippen LogP contribution in [0.1, 0.15) is 25.7 Å². The van der Waals surface area contributed by atoms with Gasteiger partial charge in [-0.3, -0.25) is 14.5 Å². The Morgan fingerprint density at radius 2 is 2.11 bits per heavy atom. The van der Waals surface area contributed by atoms with Crippen molar-refractivity contribution in [2.45, 2.75) is 32.2 Å². The minimum Gasteiger partial charge on any atom is -0.481 e. The average Bonchev–Trinajstić information content (AvgIpc) is 2.88. The molecule has 100 valence electrons. The Balaban J connectivity index is 1.80. The number of hydrogen-bond acceptors (Lipinski definition) is 4. The first-order valence-electron chi connectivity index (χ1n) is 6.29. The summed E-state index contributed by atoms with van der Waals surface area (Å²) in [5.41, 5.74) is 1.56. The van der Waals surface area contributed by atoms with Crippen LogP contribution in [0.25, 0.3) is 11.4 Å². The van der Waals surface area contributed by atoms with Crippen LogP contribution in [0.5, 0.6) is 0 Å². The van der Waals surface area contributed by atoms with Gasteiger partial charge in [-0.05, 0) is 25.0 Å². The fraction of sp³-hybridized carbons (Fsp3) is 0.385. The highest BCUT2D eigenvalue weighted by molar-refractivity contribution is 5.66. The number of hydrogen-bond donors (Lipinski definition) is 1. The van der Waals surface area contributed by atoms with Gasteiger partial charge in [0.05, 0.1) is 11.9 Å². The molecule has 0 unspecified atom stereocenters. The van der Waals surface area contributed by atoms with Crippen LogP contribution in [-0.4, -0.2) is 31.1 Å². The number of aromatic nitrogens is 4. The van der Waals surface area contributed by atoms with Gasteiger partial charge in [0.1, 0.15) is 5.69 Å². The van der Waals surface area contributed by atoms with E-state index in [1.165, 1.54) is 0 Å². The summed E-state index contributed by atoms with van der Waals surface area (Å²) in [4.78, 5) is 14.6. The maximum absolute atomic E-state index is 10.4. The smallest absolute Gasteiger partial charge is 0.303 e. The van der Waals surface area contributed by atoms with Crippen molar-refractivity contribution in [3.05, 3.63) is 30.6 Å². The van der Waals surface area contributed by atoms with Gasteiger partial charge in [-0.2, -0.15) is 0 Å². The van der Waals surface area contributed by atoms with E-state index < -0.39 is 5.97 Å². The second kappa shape index (κ2) is 6.63. The van der Waals surface area contributed by atoms with Crippen LogP contribution in [0.15, 0.2) is 30.6 Å². The summed E-state index contributed by atoms with van der Waals surface area (Å²) in [6.07, 6.45) is 6.30. The van der Waals surface area contributed by atoms with Crippen LogP contribution >= 0.6 is 0 Å². The molecular weight excluding hydrogens is 244 g/mol. The maximum Gasteiger partial charge on any atom is 0.303 e. The Bertz CT molecular complexity index is 524. The van der Waals surface area contributed by atoms with Crippen molar-refractivity contribution >= 4 is 5.97 Å². The lowest BCUT2D eigenvalue weighted by molar-refractivity contribution is -0.137. The first-order chi connectivity index (χ1) is 9.25. The van der Waals surface area contributed by atoms with E-state index >= 15 is 0 Å². The van der Waals surface area contributed by atoms with Crippen LogP contribution in [0.2, 0.25) is 0 Å². The molecular formula is C13H16N4O2. The van der Waals surface area contributed by atoms with Gasteiger partial charge in [-0.15, -0.1) is 5.10 Å². The molecule has 6 heteroatoms. The predicted molar refractivity (Wildman–Crippen MR) is 69.4 cm³/mol. The maximum atomic E-state index is 10.4. The molecule has 0 saturated carbocycles. The third kappa shape index (κ3) is 4.17. The Labute approximate surface area is 111 Å². The summed E-state index contributed by atoms with van der Waals surface area (Å²) in [5.74, 6) is -0.738. The van der Waals surface area contributed by atoms with E-state index in [0.29, 0.717) is 6.42 Å². The summed E-state index contributed by atoms with van der Waals surface area (Å²) < 4.78 is 1.77. The van der Waals surface area contributed by atoms with E-state index in [9.17, 15) is 4.79 Å². The molecule has 2 aromatic rings. The van der Waals surface area contributed by atoms with Crippen molar-refractivity contribution < 1.29 is 9.90 Å². The fourth-order valence-electron chi connectivity index (χ4n) is 1.77. The molecule has 1 N–H and O–H groups in total. The number of pyridine rings is 1. The molecule has 0 amide bonds. The van der Waals surface area contributed by atoms with E-state index in [1.807, 2.05) is 24.4 Å². The highest BCUT2D eigenvalue weighted by atomic mass is 16.4. The van der Waals surface area contributed by atoms with Crippen molar-refractivity contribution in [1.82, 2.24) is 20.0 Å². The molecule has 0 aromatic carbocycles. The van der Waals surface area contributed by atoms with E-state index in [-0.39, 0.29) is 6.42 Å². The lowest BCUT2D eigenvalue weighted by Gasteiger charge is -1.99. The number of carbonyl (C=O) groups is 1. The third-order valence-electron chi connectivity index (χ3n) is 2.74. The normalized spacial score (nSPS) is 10.5. The molecule has 0 radical (unpaired) electrons. The lowest BCUT2D eigenvalue weighted by Crippen LogP contribution is -2.00. The third-order valence-corrected chi connectivity index (χ3v) is 2.74. The monoisotopic (exact) mass is 260 g/mol. The Morgan fingerprint density at radius 3 is 2.84 bits per heavy atom. The number of aryl methyl sites for hydroxylation is 1. The van der Waals surface area contributed by atoms with Crippen LogP contribution in [0, 0.1) is 0 Å². The van der Waals surface area contributed by atoms with Crippen LogP contribution < -0.4 is 0 Å². The first kappa shape index (κ1) is 13.2. The van der Waals surface area contributed by atoms with Crippen LogP contribution in [0.4, 0.5) is 0 Å². The molecule has 6 nitrogen and oxygen atoms in total. The molecule has 2 rings (SSSR count). The van der Waals surface area contributed by atoms with Gasteiger partial charge in [-0.1, -0.05) is 17.7 Å². The number of rotatable bonds is 7. The summed E-state index contributed by atoms with van der Waals surface area (Å²) in [6.45, 7) is 0.749. The summed E-state index contributed by atoms with van der Waals surface area (Å²) in [5, 5.41) is 16.6. The van der Waals surface area contributed by atoms with E-state index in [4.69, 9.17) is 5.11 Å². The Hall–Kier alpha value is -2.24. The molecule has 19 heavy (non-hydrogen) atoms. The zero-order chi connectivity index (χ0) is 13.5. The molecule has 0 spiro atoms. The molecule has 0 fully saturated rings. The van der Waals surface area contributed by atoms with Crippen molar-refractivity contribution in [2.75, 3.05) is 0 Å². The summed E-state index contributed by atoms with van der Waals surface area (Å²) in [6, 6.07) is 5.66.